The maximum atomic E-state index is 6.33. The summed E-state index contributed by atoms with van der Waals surface area (Å²) in [5, 5.41) is 4.72. The zero-order valence-corrected chi connectivity index (χ0v) is 37.7. The highest BCUT2D eigenvalue weighted by molar-refractivity contribution is 6.11. The fourth-order valence-electron chi connectivity index (χ4n) is 10.1. The molecule has 0 unspecified atom stereocenters. The third-order valence-electron chi connectivity index (χ3n) is 13.6. The summed E-state index contributed by atoms with van der Waals surface area (Å²) in [5.41, 5.74) is 20.4. The second kappa shape index (κ2) is 16.9. The molecule has 0 bridgehead atoms. The standard InChI is InChI=1S/C66H44N2O/c1-4-12-45(13-5-1)47-20-22-48(23-21-47)49-24-33-56(34-25-49)67(57-35-26-50(27-36-57)52-30-39-64-60(42-52)59-18-10-11-19-63(59)68(64)55-16-8-3-9-17-55)58-37-28-51(29-38-58)54-32-41-66-62(44-54)61-43-53(31-40-65(61)69-66)46-14-6-2-7-15-46/h1-44H. The Labute approximate surface area is 401 Å². The first-order valence-electron chi connectivity index (χ1n) is 23.6. The number of rotatable bonds is 9. The van der Waals surface area contributed by atoms with Crippen LogP contribution in [-0.2, 0) is 0 Å². The lowest BCUT2D eigenvalue weighted by molar-refractivity contribution is 0.669. The van der Waals surface area contributed by atoms with E-state index in [-0.39, 0.29) is 0 Å². The average molecular weight is 881 g/mol. The van der Waals surface area contributed by atoms with Crippen molar-refractivity contribution in [1.82, 2.24) is 4.57 Å². The lowest BCUT2D eigenvalue weighted by Crippen LogP contribution is -2.09. The van der Waals surface area contributed by atoms with Crippen LogP contribution < -0.4 is 4.90 Å². The number of hydrogen-bond donors (Lipinski definition) is 0. The van der Waals surface area contributed by atoms with Crippen LogP contribution in [0.3, 0.4) is 0 Å². The van der Waals surface area contributed by atoms with Gasteiger partial charge in [0.1, 0.15) is 11.2 Å². The predicted molar refractivity (Wildman–Crippen MR) is 290 cm³/mol. The third kappa shape index (κ3) is 7.34. The molecule has 0 aliphatic carbocycles. The molecule has 0 fully saturated rings. The predicted octanol–water partition coefficient (Wildman–Crippen LogP) is 18.5. The summed E-state index contributed by atoms with van der Waals surface area (Å²) in [4.78, 5) is 2.35. The van der Waals surface area contributed by atoms with E-state index in [0.717, 1.165) is 55.8 Å². The molecule has 324 valence electrons. The zero-order chi connectivity index (χ0) is 45.7. The van der Waals surface area contributed by atoms with Gasteiger partial charge in [-0.25, -0.2) is 0 Å². The van der Waals surface area contributed by atoms with Crippen LogP contribution in [0.15, 0.2) is 271 Å². The maximum absolute atomic E-state index is 6.33. The Hall–Kier alpha value is -9.18. The Balaban J connectivity index is 0.857. The van der Waals surface area contributed by atoms with E-state index in [0.29, 0.717) is 0 Å². The molecule has 13 rings (SSSR count). The van der Waals surface area contributed by atoms with Gasteiger partial charge < -0.3 is 13.9 Å². The van der Waals surface area contributed by atoms with Crippen molar-refractivity contribution < 1.29 is 4.42 Å². The molecular formula is C66H44N2O. The molecule has 0 N–H and O–H groups in total. The van der Waals surface area contributed by atoms with Gasteiger partial charge in [0, 0.05) is 44.3 Å². The smallest absolute Gasteiger partial charge is 0.135 e. The Kier molecular flexibility index (Phi) is 9.84. The molecule has 0 aliphatic rings. The largest absolute Gasteiger partial charge is 0.456 e. The van der Waals surface area contributed by atoms with E-state index < -0.39 is 0 Å². The second-order valence-electron chi connectivity index (χ2n) is 17.7. The summed E-state index contributed by atoms with van der Waals surface area (Å²) in [6.07, 6.45) is 0. The molecule has 0 amide bonds. The first-order chi connectivity index (χ1) is 34.2. The summed E-state index contributed by atoms with van der Waals surface area (Å²) in [7, 11) is 0. The van der Waals surface area contributed by atoms with Crippen LogP contribution >= 0.6 is 0 Å². The highest BCUT2D eigenvalue weighted by Gasteiger charge is 2.17. The second-order valence-corrected chi connectivity index (χ2v) is 17.7. The van der Waals surface area contributed by atoms with Gasteiger partial charge in [0.05, 0.1) is 11.0 Å². The van der Waals surface area contributed by atoms with Gasteiger partial charge in [-0.1, -0.05) is 176 Å². The van der Waals surface area contributed by atoms with Crippen molar-refractivity contribution in [3.63, 3.8) is 0 Å². The van der Waals surface area contributed by atoms with Crippen LogP contribution in [0.1, 0.15) is 0 Å². The van der Waals surface area contributed by atoms with Gasteiger partial charge in [-0.3, -0.25) is 0 Å². The maximum Gasteiger partial charge on any atom is 0.135 e. The number of para-hydroxylation sites is 2. The van der Waals surface area contributed by atoms with Crippen LogP contribution in [0, 0.1) is 0 Å². The van der Waals surface area contributed by atoms with Gasteiger partial charge in [-0.15, -0.1) is 0 Å². The van der Waals surface area contributed by atoms with Crippen molar-refractivity contribution in [2.75, 3.05) is 4.90 Å². The van der Waals surface area contributed by atoms with Crippen LogP contribution in [0.4, 0.5) is 17.1 Å². The number of nitrogens with zero attached hydrogens (tertiary/aromatic N) is 2. The number of fused-ring (bicyclic) bond motifs is 6. The Morgan fingerprint density at radius 1 is 0.246 bits per heavy atom. The molecule has 2 heterocycles. The molecule has 0 saturated carbocycles. The van der Waals surface area contributed by atoms with Gasteiger partial charge in [0.2, 0.25) is 0 Å². The molecule has 0 aliphatic heterocycles. The third-order valence-corrected chi connectivity index (χ3v) is 13.6. The molecule has 69 heavy (non-hydrogen) atoms. The quantitative estimate of drug-likeness (QED) is 0.144. The first-order valence-corrected chi connectivity index (χ1v) is 23.6. The van der Waals surface area contributed by atoms with Gasteiger partial charge in [-0.2, -0.15) is 0 Å². The molecule has 2 aromatic heterocycles. The Bertz CT molecular complexity index is 3950. The van der Waals surface area contributed by atoms with Crippen molar-refractivity contribution in [2.24, 2.45) is 0 Å². The molecule has 11 aromatic carbocycles. The van der Waals surface area contributed by atoms with E-state index in [9.17, 15) is 0 Å². The molecule has 13 aromatic rings. The normalized spacial score (nSPS) is 11.5. The molecule has 3 nitrogen and oxygen atoms in total. The first kappa shape index (κ1) is 40.1. The summed E-state index contributed by atoms with van der Waals surface area (Å²) in [6, 6.07) is 96.0. The van der Waals surface area contributed by atoms with Crippen LogP contribution in [0.5, 0.6) is 0 Å². The summed E-state index contributed by atoms with van der Waals surface area (Å²) >= 11 is 0. The van der Waals surface area contributed by atoms with Crippen molar-refractivity contribution >= 4 is 60.8 Å². The monoisotopic (exact) mass is 880 g/mol. The highest BCUT2D eigenvalue weighted by Crippen LogP contribution is 2.41. The molecule has 0 spiro atoms. The van der Waals surface area contributed by atoms with Gasteiger partial charge in [0.15, 0.2) is 0 Å². The minimum Gasteiger partial charge on any atom is -0.456 e. The van der Waals surface area contributed by atoms with E-state index in [1.807, 2.05) is 0 Å². The average Bonchev–Trinajstić information content (AvgIpc) is 3.97. The van der Waals surface area contributed by atoms with E-state index in [4.69, 9.17) is 4.42 Å². The zero-order valence-electron chi connectivity index (χ0n) is 37.7. The van der Waals surface area contributed by atoms with Crippen molar-refractivity contribution in [3.8, 4) is 61.3 Å². The fraction of sp³-hybridized carbons (Fsp3) is 0. The Morgan fingerprint density at radius 2 is 0.580 bits per heavy atom. The van der Waals surface area contributed by atoms with Crippen LogP contribution in [0.25, 0.3) is 105 Å². The fourth-order valence-corrected chi connectivity index (χ4v) is 10.1. The number of hydrogen-bond acceptors (Lipinski definition) is 2. The molecule has 0 saturated heterocycles. The van der Waals surface area contributed by atoms with Crippen molar-refractivity contribution in [1.29, 1.82) is 0 Å². The minimum absolute atomic E-state index is 0.889. The summed E-state index contributed by atoms with van der Waals surface area (Å²) < 4.78 is 8.69. The molecular weight excluding hydrogens is 837 g/mol. The van der Waals surface area contributed by atoms with Crippen LogP contribution in [-0.4, -0.2) is 4.57 Å². The Morgan fingerprint density at radius 3 is 1.07 bits per heavy atom. The van der Waals surface area contributed by atoms with Crippen LogP contribution in [0.2, 0.25) is 0 Å². The number of benzene rings is 11. The molecule has 3 heteroatoms. The topological polar surface area (TPSA) is 21.3 Å². The lowest BCUT2D eigenvalue weighted by atomic mass is 9.99. The van der Waals surface area contributed by atoms with E-state index in [1.165, 1.54) is 66.3 Å². The van der Waals surface area contributed by atoms with Gasteiger partial charge >= 0.3 is 0 Å². The highest BCUT2D eigenvalue weighted by atomic mass is 16.3. The summed E-state index contributed by atoms with van der Waals surface area (Å²) in [6.45, 7) is 0. The molecule has 0 atom stereocenters. The number of aromatic nitrogens is 1. The SMILES string of the molecule is c1ccc(-c2ccc(-c3ccc(N(c4ccc(-c5ccc6oc7ccc(-c8ccccc8)cc7c6c5)cc4)c4ccc(-c5ccc6c(c5)c5ccccc5n6-c5ccccc5)cc4)cc3)cc2)cc1. The minimum atomic E-state index is 0.889. The van der Waals surface area contributed by atoms with E-state index in [1.54, 1.807) is 0 Å². The van der Waals surface area contributed by atoms with Crippen molar-refractivity contribution in [2.45, 2.75) is 0 Å². The number of anilines is 3. The lowest BCUT2D eigenvalue weighted by Gasteiger charge is -2.26. The van der Waals surface area contributed by atoms with Gasteiger partial charge in [-0.05, 0) is 147 Å². The van der Waals surface area contributed by atoms with Crippen molar-refractivity contribution in [3.05, 3.63) is 267 Å². The van der Waals surface area contributed by atoms with Gasteiger partial charge in [0.25, 0.3) is 0 Å². The molecule has 0 radical (unpaired) electrons. The van der Waals surface area contributed by atoms with E-state index in [2.05, 4.69) is 276 Å². The van der Waals surface area contributed by atoms with E-state index >= 15 is 0 Å². The summed E-state index contributed by atoms with van der Waals surface area (Å²) in [5.74, 6) is 0. The number of furan rings is 1.